The van der Waals surface area contributed by atoms with Gasteiger partial charge in [-0.05, 0) is 143 Å². The van der Waals surface area contributed by atoms with Gasteiger partial charge in [0.05, 0.1) is 5.69 Å². The summed E-state index contributed by atoms with van der Waals surface area (Å²) in [5, 5.41) is 10.6. The number of fused-ring (bicyclic) bond motifs is 4. The first kappa shape index (κ1) is 65.3. The maximum Gasteiger partial charge on any atom is 0.249 e. The van der Waals surface area contributed by atoms with Gasteiger partial charge in [0.15, 0.2) is 16.1 Å². The molecule has 15 aromatic carbocycles. The number of hydrogen-bond donors (Lipinski definition) is 0. The molecule has 0 aromatic heterocycles. The van der Waals surface area contributed by atoms with Gasteiger partial charge in [0, 0.05) is 32.3 Å². The Morgan fingerprint density at radius 1 is 0.252 bits per heavy atom. The average molecular weight is 1370 g/mol. The van der Waals surface area contributed by atoms with Gasteiger partial charge in [-0.1, -0.05) is 411 Å². The number of hydrogen-bond acceptors (Lipinski definition) is 2. The van der Waals surface area contributed by atoms with Crippen LogP contribution in [0.3, 0.4) is 0 Å². The lowest BCUT2D eigenvalue weighted by Crippen LogP contribution is -2.78. The Morgan fingerprint density at radius 3 is 1.07 bits per heavy atom. The van der Waals surface area contributed by atoms with Crippen molar-refractivity contribution in [2.45, 2.75) is 62.2 Å². The first-order valence-electron chi connectivity index (χ1n) is 36.2. The van der Waals surface area contributed by atoms with Crippen molar-refractivity contribution >= 4 is 110 Å². The smallest absolute Gasteiger partial charge is 0.249 e. The predicted molar refractivity (Wildman–Crippen MR) is 448 cm³/mol. The van der Waals surface area contributed by atoms with Gasteiger partial charge in [0.1, 0.15) is 0 Å². The zero-order valence-electron chi connectivity index (χ0n) is 59.2. The van der Waals surface area contributed by atoms with Gasteiger partial charge in [-0.15, -0.1) is 0 Å². The average Bonchev–Trinajstić information content (AvgIpc) is 0.700. The third-order valence-corrected chi connectivity index (χ3v) is 32.3. The quantitative estimate of drug-likeness (QED) is 0.0789. The summed E-state index contributed by atoms with van der Waals surface area (Å²) in [6.07, 6.45) is 0. The van der Waals surface area contributed by atoms with Crippen LogP contribution in [-0.4, -0.2) is 22.9 Å². The highest BCUT2D eigenvalue weighted by molar-refractivity contribution is 8.00. The molecule has 0 spiro atoms. The van der Waals surface area contributed by atoms with Crippen molar-refractivity contribution in [1.29, 1.82) is 0 Å². The van der Waals surface area contributed by atoms with E-state index in [4.69, 9.17) is 0 Å². The molecule has 103 heavy (non-hydrogen) atoms. The van der Waals surface area contributed by atoms with E-state index >= 15 is 0 Å². The van der Waals surface area contributed by atoms with Crippen LogP contribution in [0.15, 0.2) is 386 Å². The minimum atomic E-state index is -3.41. The second-order valence-electron chi connectivity index (χ2n) is 29.9. The molecule has 2 heterocycles. The van der Waals surface area contributed by atoms with Gasteiger partial charge in [-0.25, -0.2) is 0 Å². The van der Waals surface area contributed by atoms with Crippen LogP contribution < -0.4 is 62.8 Å². The first-order chi connectivity index (χ1) is 50.3. The molecule has 0 unspecified atom stereocenters. The van der Waals surface area contributed by atoms with Crippen LogP contribution in [-0.2, 0) is 10.8 Å². The van der Waals surface area contributed by atoms with Crippen LogP contribution in [0.5, 0.6) is 0 Å². The summed E-state index contributed by atoms with van der Waals surface area (Å²) in [7, 11) is -6.83. The second kappa shape index (κ2) is 26.7. The molecule has 5 heteroatoms. The SMILES string of the molecule is CC(C)(C)c1ccc2c(c1)B1c3cc(-c4cc([Si](c5ccccc5)(c5ccccc5)c5cccc(-c6ccccc6)c5)cc([Si](c5ccccc5)(c5ccccc5)c5cccc(-c6ccccc6)c5)c4)ccc3N(c3c(-c4ccccc4)cccc3-c3ccccc3)c3cc(C(C)(C)C)cc(c31)S2. The van der Waals surface area contributed by atoms with Crippen molar-refractivity contribution in [3.05, 3.63) is 387 Å². The summed E-state index contributed by atoms with van der Waals surface area (Å²) in [4.78, 5) is 5.32. The number of rotatable bonds is 14. The Balaban J connectivity index is 1.03. The lowest BCUT2D eigenvalue weighted by atomic mass is 9.34. The molecule has 2 aliphatic heterocycles. The van der Waals surface area contributed by atoms with Crippen LogP contribution in [0, 0.1) is 0 Å². The molecule has 494 valence electrons. The molecule has 0 saturated carbocycles. The van der Waals surface area contributed by atoms with Gasteiger partial charge in [0.2, 0.25) is 6.71 Å². The molecular formula is C98H80BNSSi2. The molecule has 15 aromatic rings. The van der Waals surface area contributed by atoms with E-state index in [1.54, 1.807) is 0 Å². The predicted octanol–water partition coefficient (Wildman–Crippen LogP) is 18.1. The molecule has 0 N–H and O–H groups in total. The van der Waals surface area contributed by atoms with E-state index in [9.17, 15) is 0 Å². The minimum absolute atomic E-state index is 0.0939. The fourth-order valence-corrected chi connectivity index (χ4v) is 27.7. The third kappa shape index (κ3) is 11.6. The monoisotopic (exact) mass is 1370 g/mol. The Hall–Kier alpha value is -11.1. The topological polar surface area (TPSA) is 3.24 Å². The molecule has 0 aliphatic carbocycles. The highest BCUT2D eigenvalue weighted by Crippen LogP contribution is 2.50. The van der Waals surface area contributed by atoms with Crippen molar-refractivity contribution in [1.82, 2.24) is 0 Å². The zero-order valence-corrected chi connectivity index (χ0v) is 62.0. The number of anilines is 3. The molecule has 0 radical (unpaired) electrons. The second-order valence-corrected chi connectivity index (χ2v) is 38.6. The van der Waals surface area contributed by atoms with Crippen molar-refractivity contribution in [2.75, 3.05) is 4.90 Å². The van der Waals surface area contributed by atoms with Gasteiger partial charge in [-0.3, -0.25) is 0 Å². The first-order valence-corrected chi connectivity index (χ1v) is 41.0. The molecule has 0 fully saturated rings. The summed E-state index contributed by atoms with van der Waals surface area (Å²) in [6.45, 7) is 14.1. The van der Waals surface area contributed by atoms with E-state index in [0.717, 1.165) is 0 Å². The summed E-state index contributed by atoms with van der Waals surface area (Å²) in [5.74, 6) is 0. The Kier molecular flexibility index (Phi) is 16.9. The van der Waals surface area contributed by atoms with E-state index in [0.29, 0.717) is 0 Å². The normalized spacial score (nSPS) is 12.7. The molecular weight excluding hydrogens is 1290 g/mol. The summed E-state index contributed by atoms with van der Waals surface area (Å²) < 4.78 is 0. The number of nitrogens with zero attached hydrogens (tertiary/aromatic N) is 1. The number of para-hydroxylation sites is 1. The molecule has 0 saturated heterocycles. The van der Waals surface area contributed by atoms with Crippen LogP contribution in [0.25, 0.3) is 55.6 Å². The summed E-state index contributed by atoms with van der Waals surface area (Å²) in [5.41, 5.74) is 21.8. The molecule has 0 atom stereocenters. The molecule has 17 rings (SSSR count). The van der Waals surface area contributed by atoms with Crippen molar-refractivity contribution in [2.24, 2.45) is 0 Å². The maximum atomic E-state index is 2.72. The van der Waals surface area contributed by atoms with Crippen LogP contribution in [0.1, 0.15) is 52.7 Å². The fraction of sp³-hybridized carbons (Fsp3) is 0.0816. The van der Waals surface area contributed by atoms with Gasteiger partial charge in [0.25, 0.3) is 0 Å². The summed E-state index contributed by atoms with van der Waals surface area (Å²) >= 11 is 1.95. The lowest BCUT2D eigenvalue weighted by molar-refractivity contribution is 0.589. The lowest BCUT2D eigenvalue weighted by Gasteiger charge is -2.43. The minimum Gasteiger partial charge on any atom is -0.310 e. The van der Waals surface area contributed by atoms with E-state index in [-0.39, 0.29) is 17.5 Å². The van der Waals surface area contributed by atoms with Crippen LogP contribution in [0.2, 0.25) is 0 Å². The fourth-order valence-electron chi connectivity index (χ4n) is 16.7. The molecule has 2 aliphatic rings. The molecule has 0 bridgehead atoms. The van der Waals surface area contributed by atoms with E-state index < -0.39 is 16.1 Å². The van der Waals surface area contributed by atoms with Crippen LogP contribution in [0.4, 0.5) is 17.1 Å². The van der Waals surface area contributed by atoms with Crippen molar-refractivity contribution < 1.29 is 0 Å². The molecule has 0 amide bonds. The van der Waals surface area contributed by atoms with E-state index in [1.165, 1.54) is 151 Å². The van der Waals surface area contributed by atoms with E-state index in [2.05, 4.69) is 423 Å². The highest BCUT2D eigenvalue weighted by atomic mass is 32.2. The standard InChI is InChI=1S/C98H80BNSSi2/c1-97(2,3)77-57-59-93-90(65-77)99-89-64-75(56-58-91(89)100(92-66-78(98(4,5)6)67-94(101-93)95(92)99)96-87(71-38-19-9-20-39-71)54-33-55-88(96)72-40-21-10-22-41-72)76-62-85(102(79-44-23-11-24-45-79,80-46-25-12-26-47-80)83-52-31-42-73(60-83)69-34-15-7-16-35-69)68-86(63-76)103(81-48-27-13-28-49-81,82-50-29-14-30-51-82)84-53-32-43-74(61-84)70-36-17-8-18-37-70/h7-68H,1-6H3. The Labute approximate surface area is 615 Å². The zero-order chi connectivity index (χ0) is 69.9. The molecule has 1 nitrogen and oxygen atoms in total. The largest absolute Gasteiger partial charge is 0.310 e. The van der Waals surface area contributed by atoms with Gasteiger partial charge >= 0.3 is 0 Å². The van der Waals surface area contributed by atoms with Crippen molar-refractivity contribution in [3.63, 3.8) is 0 Å². The van der Waals surface area contributed by atoms with Gasteiger partial charge in [-0.2, -0.15) is 0 Å². The maximum absolute atomic E-state index is 3.41. The number of benzene rings is 15. The Bertz CT molecular complexity index is 5280. The third-order valence-electron chi connectivity index (χ3n) is 21.7. The summed E-state index contributed by atoms with van der Waals surface area (Å²) in [6, 6.07) is 145. The van der Waals surface area contributed by atoms with Crippen LogP contribution >= 0.6 is 11.8 Å². The van der Waals surface area contributed by atoms with Crippen molar-refractivity contribution in [3.8, 4) is 55.6 Å². The highest BCUT2D eigenvalue weighted by Gasteiger charge is 2.48. The van der Waals surface area contributed by atoms with E-state index in [1.807, 2.05) is 11.8 Å². The van der Waals surface area contributed by atoms with Gasteiger partial charge < -0.3 is 4.90 Å². The Morgan fingerprint density at radius 2 is 0.631 bits per heavy atom.